The van der Waals surface area contributed by atoms with Crippen molar-refractivity contribution in [1.82, 2.24) is 0 Å². The molecule has 0 bridgehead atoms. The molecule has 0 aliphatic carbocycles. The first kappa shape index (κ1) is 34.5. The third-order valence-corrected chi connectivity index (χ3v) is 6.71. The average molecular weight is 526 g/mol. The van der Waals surface area contributed by atoms with Crippen molar-refractivity contribution in [2.24, 2.45) is 0 Å². The van der Waals surface area contributed by atoms with Crippen molar-refractivity contribution in [3.63, 3.8) is 0 Å². The lowest BCUT2D eigenvalue weighted by molar-refractivity contribution is -0.870. The molecule has 0 rings (SSSR count). The molecule has 0 aromatic carbocycles. The molecular formula is C25H52NO8P. The van der Waals surface area contributed by atoms with Crippen LogP contribution >= 0.6 is 7.82 Å². The van der Waals surface area contributed by atoms with Crippen molar-refractivity contribution in [3.8, 4) is 0 Å². The fourth-order valence-corrected chi connectivity index (χ4v) is 4.20. The largest absolute Gasteiger partial charge is 0.756 e. The Morgan fingerprint density at radius 2 is 1.31 bits per heavy atom. The number of ether oxygens (including phenoxy) is 1. The molecule has 0 radical (unpaired) electrons. The lowest BCUT2D eigenvalue weighted by Gasteiger charge is -2.27. The van der Waals surface area contributed by atoms with E-state index in [9.17, 15) is 14.3 Å². The van der Waals surface area contributed by atoms with Crippen LogP contribution in [0.5, 0.6) is 0 Å². The van der Waals surface area contributed by atoms with Gasteiger partial charge in [-0.15, -0.1) is 0 Å². The summed E-state index contributed by atoms with van der Waals surface area (Å²) in [4.78, 5) is 27.8. The number of rotatable bonds is 25. The molecule has 0 heterocycles. The van der Waals surface area contributed by atoms with E-state index in [0.717, 1.165) is 19.3 Å². The first-order chi connectivity index (χ1) is 16.6. The van der Waals surface area contributed by atoms with Gasteiger partial charge in [-0.3, -0.25) is 14.6 Å². The van der Waals surface area contributed by atoms with Gasteiger partial charge in [-0.2, -0.15) is 0 Å². The predicted octanol–water partition coefficient (Wildman–Crippen LogP) is 5.47. The van der Waals surface area contributed by atoms with Crippen LogP contribution in [0.2, 0.25) is 0 Å². The van der Waals surface area contributed by atoms with Crippen LogP contribution in [-0.2, 0) is 28.0 Å². The first-order valence-electron chi connectivity index (χ1n) is 13.5. The van der Waals surface area contributed by atoms with Crippen LogP contribution in [0.15, 0.2) is 0 Å². The van der Waals surface area contributed by atoms with Crippen LogP contribution in [0.3, 0.4) is 0 Å². The van der Waals surface area contributed by atoms with Crippen molar-refractivity contribution in [2.75, 3.05) is 47.5 Å². The molecular weight excluding hydrogens is 473 g/mol. The zero-order valence-electron chi connectivity index (χ0n) is 22.7. The molecule has 0 aromatic heterocycles. The number of hydrogen-bond donors (Lipinski definition) is 1. The molecule has 0 spiro atoms. The SMILES string of the molecule is CCCCCCCCCCCCCCCCC(=O)OC[C@H](COP(=O)([O-])OCC[N+](C)(C)C)OO. The molecule has 0 aliphatic heterocycles. The highest BCUT2D eigenvalue weighted by Crippen LogP contribution is 2.38. The highest BCUT2D eigenvalue weighted by Gasteiger charge is 2.19. The lowest BCUT2D eigenvalue weighted by Crippen LogP contribution is -2.37. The minimum atomic E-state index is -4.53. The van der Waals surface area contributed by atoms with Crippen molar-refractivity contribution < 1.29 is 42.7 Å². The summed E-state index contributed by atoms with van der Waals surface area (Å²) in [5.74, 6) is -0.407. The minimum Gasteiger partial charge on any atom is -0.756 e. The smallest absolute Gasteiger partial charge is 0.305 e. The first-order valence-corrected chi connectivity index (χ1v) is 14.9. The Kier molecular flexibility index (Phi) is 21.2. The number of carbonyl (C=O) groups is 1. The summed E-state index contributed by atoms with van der Waals surface area (Å²) < 4.78 is 26.9. The van der Waals surface area contributed by atoms with E-state index < -0.39 is 26.5 Å². The minimum absolute atomic E-state index is 0.0247. The van der Waals surface area contributed by atoms with Gasteiger partial charge in [-0.25, -0.2) is 4.89 Å². The second-order valence-corrected chi connectivity index (χ2v) is 11.8. The third kappa shape index (κ3) is 24.9. The number of phosphoric acid groups is 1. The third-order valence-electron chi connectivity index (χ3n) is 5.74. The standard InChI is InChI=1S/C25H52NO8P/c1-5-6-7-8-9-10-11-12-13-14-15-16-17-18-19-25(27)31-22-24(34-28)23-33-35(29,30)32-21-20-26(2,3)4/h24H,5-23H2,1-4H3,(H-,28,29,30)/t24-/m1/s1. The van der Waals surface area contributed by atoms with Crippen LogP contribution in [0.25, 0.3) is 0 Å². The molecule has 2 atom stereocenters. The number of carbonyl (C=O) groups excluding carboxylic acids is 1. The van der Waals surface area contributed by atoms with E-state index in [-0.39, 0.29) is 19.6 Å². The van der Waals surface area contributed by atoms with Gasteiger partial charge in [0.15, 0.2) is 6.10 Å². The molecule has 1 unspecified atom stereocenters. The number of nitrogens with zero attached hydrogens (tertiary/aromatic N) is 1. The average Bonchev–Trinajstić information content (AvgIpc) is 2.78. The predicted molar refractivity (Wildman–Crippen MR) is 136 cm³/mol. The molecule has 1 N–H and O–H groups in total. The molecule has 0 saturated heterocycles. The van der Waals surface area contributed by atoms with Gasteiger partial charge in [-0.05, 0) is 6.42 Å². The summed E-state index contributed by atoms with van der Waals surface area (Å²) in [6.07, 6.45) is 16.6. The van der Waals surface area contributed by atoms with E-state index in [1.54, 1.807) is 0 Å². The van der Waals surface area contributed by atoms with Gasteiger partial charge in [0, 0.05) is 6.42 Å². The van der Waals surface area contributed by atoms with Crippen molar-refractivity contribution in [2.45, 2.75) is 109 Å². The van der Waals surface area contributed by atoms with Crippen LogP contribution in [0.1, 0.15) is 103 Å². The Hall–Kier alpha value is -0.540. The summed E-state index contributed by atoms with van der Waals surface area (Å²) >= 11 is 0. The molecule has 210 valence electrons. The van der Waals surface area contributed by atoms with Crippen molar-refractivity contribution in [3.05, 3.63) is 0 Å². The summed E-state index contributed by atoms with van der Waals surface area (Å²) in [5, 5.41) is 8.92. The molecule has 10 heteroatoms. The maximum atomic E-state index is 11.9. The number of phosphoric ester groups is 1. The van der Waals surface area contributed by atoms with E-state index >= 15 is 0 Å². The number of hydrogen-bond acceptors (Lipinski definition) is 8. The molecule has 0 aromatic rings. The second kappa shape index (κ2) is 21.5. The Morgan fingerprint density at radius 3 is 1.77 bits per heavy atom. The fourth-order valence-electron chi connectivity index (χ4n) is 3.47. The zero-order valence-corrected chi connectivity index (χ0v) is 23.6. The Balaban J connectivity index is 3.68. The van der Waals surface area contributed by atoms with Gasteiger partial charge < -0.3 is 23.2 Å². The molecule has 9 nitrogen and oxygen atoms in total. The summed E-state index contributed by atoms with van der Waals surface area (Å²) in [6, 6.07) is 0. The topological polar surface area (TPSA) is 114 Å². The van der Waals surface area contributed by atoms with Crippen LogP contribution < -0.4 is 4.89 Å². The number of likely N-dealkylation sites (N-methyl/N-ethyl adjacent to an activating group) is 1. The highest BCUT2D eigenvalue weighted by molar-refractivity contribution is 7.45. The molecule has 0 fully saturated rings. The quantitative estimate of drug-likeness (QED) is 0.0417. The maximum Gasteiger partial charge on any atom is 0.305 e. The van der Waals surface area contributed by atoms with Crippen LogP contribution in [-0.4, -0.2) is 69.3 Å². The zero-order chi connectivity index (χ0) is 26.4. The molecule has 0 amide bonds. The maximum absolute atomic E-state index is 11.9. The molecule has 0 saturated carbocycles. The van der Waals surface area contributed by atoms with Gasteiger partial charge in [0.05, 0.1) is 27.7 Å². The Bertz CT molecular complexity index is 556. The van der Waals surface area contributed by atoms with Gasteiger partial charge in [0.1, 0.15) is 19.8 Å². The van der Waals surface area contributed by atoms with Gasteiger partial charge in [-0.1, -0.05) is 90.4 Å². The van der Waals surface area contributed by atoms with Crippen LogP contribution in [0, 0.1) is 0 Å². The van der Waals surface area contributed by atoms with Gasteiger partial charge >= 0.3 is 5.97 Å². The second-order valence-electron chi connectivity index (χ2n) is 10.3. The van der Waals surface area contributed by atoms with Crippen molar-refractivity contribution >= 4 is 13.8 Å². The van der Waals surface area contributed by atoms with Gasteiger partial charge in [0.2, 0.25) is 0 Å². The Morgan fingerprint density at radius 1 is 0.829 bits per heavy atom. The summed E-state index contributed by atoms with van der Waals surface area (Å²) in [5.41, 5.74) is 0. The Labute approximate surface area is 213 Å². The number of esters is 1. The van der Waals surface area contributed by atoms with Crippen LogP contribution in [0.4, 0.5) is 0 Å². The van der Waals surface area contributed by atoms with E-state index in [2.05, 4.69) is 11.8 Å². The fraction of sp³-hybridized carbons (Fsp3) is 0.960. The molecule has 0 aliphatic rings. The number of quaternary nitrogens is 1. The summed E-state index contributed by atoms with van der Waals surface area (Å²) in [7, 11) is 1.19. The monoisotopic (exact) mass is 525 g/mol. The highest BCUT2D eigenvalue weighted by atomic mass is 31.2. The van der Waals surface area contributed by atoms with E-state index in [4.69, 9.17) is 19.0 Å². The van der Waals surface area contributed by atoms with E-state index in [0.29, 0.717) is 11.0 Å². The van der Waals surface area contributed by atoms with E-state index in [1.165, 1.54) is 70.6 Å². The lowest BCUT2D eigenvalue weighted by atomic mass is 10.0. The number of unbranched alkanes of at least 4 members (excludes halogenated alkanes) is 13. The summed E-state index contributed by atoms with van der Waals surface area (Å²) in [6.45, 7) is 1.90. The van der Waals surface area contributed by atoms with E-state index in [1.807, 2.05) is 21.1 Å². The molecule has 35 heavy (non-hydrogen) atoms. The van der Waals surface area contributed by atoms with Crippen molar-refractivity contribution in [1.29, 1.82) is 0 Å². The van der Waals surface area contributed by atoms with Gasteiger partial charge in [0.25, 0.3) is 7.82 Å². The normalized spacial score (nSPS) is 14.6.